The highest BCUT2D eigenvalue weighted by atomic mass is 32.1. The lowest BCUT2D eigenvalue weighted by Crippen LogP contribution is -2.76. The Labute approximate surface area is 220 Å². The number of likely N-dealkylation sites (tertiary alicyclic amines) is 1. The van der Waals surface area contributed by atoms with E-state index in [-0.39, 0.29) is 23.5 Å². The van der Waals surface area contributed by atoms with Crippen molar-refractivity contribution in [1.29, 1.82) is 0 Å². The van der Waals surface area contributed by atoms with Crippen LogP contribution in [0.4, 0.5) is 5.13 Å². The lowest BCUT2D eigenvalue weighted by molar-refractivity contribution is -0.147. The van der Waals surface area contributed by atoms with Gasteiger partial charge in [-0.15, -0.1) is 0 Å². The molecule has 0 bridgehead atoms. The first kappa shape index (κ1) is 26.0. The van der Waals surface area contributed by atoms with E-state index in [1.54, 1.807) is 9.80 Å². The minimum Gasteiger partial charge on any atom is -0.477 e. The number of carbonyl (C=O) groups is 3. The van der Waals surface area contributed by atoms with Gasteiger partial charge < -0.3 is 14.7 Å². The van der Waals surface area contributed by atoms with E-state index in [0.717, 1.165) is 43.0 Å². The molecule has 11 nitrogen and oxygen atoms in total. The largest absolute Gasteiger partial charge is 0.477 e. The Morgan fingerprint density at radius 1 is 1.32 bits per heavy atom. The molecule has 2 N–H and O–H groups in total. The van der Waals surface area contributed by atoms with Gasteiger partial charge >= 0.3 is 5.97 Å². The molecule has 5 rings (SSSR count). The number of fused-ring (bicyclic) bond motifs is 1. The van der Waals surface area contributed by atoms with Crippen LogP contribution in [0, 0.1) is 5.92 Å². The summed E-state index contributed by atoms with van der Waals surface area (Å²) in [5.74, 6) is -1.74. The van der Waals surface area contributed by atoms with E-state index < -0.39 is 23.1 Å². The maximum atomic E-state index is 13.3. The third-order valence-corrected chi connectivity index (χ3v) is 8.76. The first-order valence-electron chi connectivity index (χ1n) is 12.7. The Balaban J connectivity index is 1.34. The molecule has 37 heavy (non-hydrogen) atoms. The number of ether oxygens (including phenoxy) is 1. The van der Waals surface area contributed by atoms with Gasteiger partial charge in [-0.2, -0.15) is 4.37 Å². The summed E-state index contributed by atoms with van der Waals surface area (Å²) in [7, 11) is 1.85. The standard InChI is InChI=1S/C25H34N6O5S/c1-15-9-24(2,30-10-16(11-30)21(33)29(4)12-17-7-5-6-8-36-17)28-25(3)19(15)20(32)18(22(34)35)13-31(25)23-26-14-27-37-23/h13-14,16-17,28H,5-12H2,1-4H3,(H,34,35)/t17?,24-,25?/m1/s1. The topological polar surface area (TPSA) is 128 Å². The Kier molecular flexibility index (Phi) is 6.71. The Morgan fingerprint density at radius 3 is 2.70 bits per heavy atom. The van der Waals surface area contributed by atoms with Gasteiger partial charge in [0, 0.05) is 63.0 Å². The van der Waals surface area contributed by atoms with Gasteiger partial charge in [0.25, 0.3) is 0 Å². The highest BCUT2D eigenvalue weighted by Gasteiger charge is 2.56. The fourth-order valence-corrected chi connectivity index (χ4v) is 6.86. The van der Waals surface area contributed by atoms with E-state index in [9.17, 15) is 19.5 Å². The van der Waals surface area contributed by atoms with E-state index >= 15 is 0 Å². The summed E-state index contributed by atoms with van der Waals surface area (Å²) in [5, 5.41) is 13.8. The molecule has 200 valence electrons. The first-order valence-corrected chi connectivity index (χ1v) is 13.5. The smallest absolute Gasteiger partial charge is 0.341 e. The van der Waals surface area contributed by atoms with E-state index in [1.165, 1.54) is 12.5 Å². The number of hydrogen-bond acceptors (Lipinski definition) is 10. The summed E-state index contributed by atoms with van der Waals surface area (Å²) in [4.78, 5) is 48.3. The second-order valence-electron chi connectivity index (χ2n) is 10.9. The molecule has 4 aliphatic heterocycles. The minimum atomic E-state index is -1.28. The van der Waals surface area contributed by atoms with Crippen LogP contribution in [-0.4, -0.2) is 92.6 Å². The van der Waals surface area contributed by atoms with Gasteiger partial charge in [-0.05, 0) is 40.0 Å². The molecule has 0 spiro atoms. The van der Waals surface area contributed by atoms with Crippen LogP contribution in [0.5, 0.6) is 0 Å². The molecular weight excluding hydrogens is 496 g/mol. The third-order valence-electron chi connectivity index (χ3n) is 8.09. The predicted octanol–water partition coefficient (Wildman–Crippen LogP) is 1.60. The molecule has 5 heterocycles. The molecule has 0 aliphatic carbocycles. The lowest BCUT2D eigenvalue weighted by atomic mass is 9.76. The molecule has 12 heteroatoms. The zero-order valence-corrected chi connectivity index (χ0v) is 22.5. The molecule has 0 aromatic carbocycles. The van der Waals surface area contributed by atoms with Crippen LogP contribution < -0.4 is 10.2 Å². The third kappa shape index (κ3) is 4.49. The van der Waals surface area contributed by atoms with Crippen molar-refractivity contribution >= 4 is 34.3 Å². The average molecular weight is 531 g/mol. The van der Waals surface area contributed by atoms with Crippen LogP contribution in [0.3, 0.4) is 0 Å². The summed E-state index contributed by atoms with van der Waals surface area (Å²) in [6.07, 6.45) is 6.61. The van der Waals surface area contributed by atoms with Crippen LogP contribution >= 0.6 is 11.5 Å². The maximum Gasteiger partial charge on any atom is 0.341 e. The van der Waals surface area contributed by atoms with Crippen LogP contribution in [0.1, 0.15) is 46.5 Å². The molecule has 4 aliphatic rings. The van der Waals surface area contributed by atoms with E-state index in [1.807, 2.05) is 20.9 Å². The maximum absolute atomic E-state index is 13.3. The zero-order chi connectivity index (χ0) is 26.5. The molecule has 2 saturated heterocycles. The second kappa shape index (κ2) is 9.57. The van der Waals surface area contributed by atoms with E-state index in [2.05, 4.69) is 26.5 Å². The van der Waals surface area contributed by atoms with Gasteiger partial charge in [-0.1, -0.05) is 5.57 Å². The monoisotopic (exact) mass is 530 g/mol. The number of rotatable bonds is 6. The van der Waals surface area contributed by atoms with Crippen LogP contribution in [0.25, 0.3) is 0 Å². The van der Waals surface area contributed by atoms with Gasteiger partial charge in [0.05, 0.1) is 17.7 Å². The number of nitrogens with zero attached hydrogens (tertiary/aromatic N) is 5. The highest BCUT2D eigenvalue weighted by molar-refractivity contribution is 7.09. The van der Waals surface area contributed by atoms with Crippen molar-refractivity contribution in [2.24, 2.45) is 5.92 Å². The number of aliphatic carboxylic acids is 1. The van der Waals surface area contributed by atoms with Gasteiger partial charge in [-0.25, -0.2) is 9.78 Å². The Bertz CT molecular complexity index is 1160. The van der Waals surface area contributed by atoms with Crippen molar-refractivity contribution in [2.75, 3.05) is 38.2 Å². The Morgan fingerprint density at radius 2 is 2.08 bits per heavy atom. The molecule has 2 fully saturated rings. The first-order chi connectivity index (χ1) is 17.5. The number of amides is 1. The van der Waals surface area contributed by atoms with Gasteiger partial charge in [-0.3, -0.25) is 24.7 Å². The van der Waals surface area contributed by atoms with Gasteiger partial charge in [0.2, 0.25) is 16.8 Å². The highest BCUT2D eigenvalue weighted by Crippen LogP contribution is 2.45. The molecule has 2 unspecified atom stereocenters. The number of nitrogens with one attached hydrogen (secondary N) is 1. The number of aromatic nitrogens is 2. The summed E-state index contributed by atoms with van der Waals surface area (Å²) in [5.41, 5.74) is -0.650. The van der Waals surface area contributed by atoms with Gasteiger partial charge in [0.1, 0.15) is 17.6 Å². The molecule has 0 radical (unpaired) electrons. The quantitative estimate of drug-likeness (QED) is 0.523. The van der Waals surface area contributed by atoms with Crippen LogP contribution in [0.15, 0.2) is 29.2 Å². The number of hydrogen-bond donors (Lipinski definition) is 2. The molecule has 0 saturated carbocycles. The number of Topliss-reactive ketones (excluding diaryl/α,β-unsaturated/α-hetero) is 1. The minimum absolute atomic E-state index is 0.100. The number of carbonyl (C=O) groups excluding carboxylic acids is 2. The van der Waals surface area contributed by atoms with Gasteiger partial charge in [0.15, 0.2) is 0 Å². The van der Waals surface area contributed by atoms with Crippen molar-refractivity contribution in [3.63, 3.8) is 0 Å². The molecule has 1 aromatic heterocycles. The molecule has 3 atom stereocenters. The number of carboxylic acids is 1. The fraction of sp³-hybridized carbons (Fsp3) is 0.640. The summed E-state index contributed by atoms with van der Waals surface area (Å²) in [6, 6.07) is 0. The van der Waals surface area contributed by atoms with E-state index in [4.69, 9.17) is 4.74 Å². The summed E-state index contributed by atoms with van der Waals surface area (Å²) >= 11 is 1.13. The van der Waals surface area contributed by atoms with Crippen molar-refractivity contribution < 1.29 is 24.2 Å². The van der Waals surface area contributed by atoms with Crippen molar-refractivity contribution in [2.45, 2.75) is 63.9 Å². The number of likely N-dealkylation sites (N-methyl/N-ethyl adjacent to an activating group) is 1. The summed E-state index contributed by atoms with van der Waals surface area (Å²) in [6.45, 7) is 8.40. The van der Waals surface area contributed by atoms with Crippen molar-refractivity contribution in [3.8, 4) is 0 Å². The van der Waals surface area contributed by atoms with Crippen molar-refractivity contribution in [3.05, 3.63) is 29.2 Å². The van der Waals surface area contributed by atoms with Crippen LogP contribution in [0.2, 0.25) is 0 Å². The second-order valence-corrected chi connectivity index (χ2v) is 11.6. The SMILES string of the molecule is CC1=C2C(=O)C(C(=O)O)=CN(c3ncns3)C2(C)N[C@](C)(N2CC(C(=O)N(C)CC3CCCCO3)C2)C1. The average Bonchev–Trinajstić information content (AvgIpc) is 3.32. The number of anilines is 1. The fourth-order valence-electron chi connectivity index (χ4n) is 6.26. The normalized spacial score (nSPS) is 31.0. The zero-order valence-electron chi connectivity index (χ0n) is 21.7. The molecular formula is C25H34N6O5S. The predicted molar refractivity (Wildman–Crippen MR) is 137 cm³/mol. The molecule has 1 aromatic rings. The van der Waals surface area contributed by atoms with E-state index in [0.29, 0.717) is 36.8 Å². The summed E-state index contributed by atoms with van der Waals surface area (Å²) < 4.78 is 9.89. The lowest BCUT2D eigenvalue weighted by Gasteiger charge is -2.59. The number of carboxylic acid groups (broad SMARTS) is 1. The Hall–Kier alpha value is -2.67. The number of ketones is 1. The van der Waals surface area contributed by atoms with Crippen molar-refractivity contribution in [1.82, 2.24) is 24.5 Å². The van der Waals surface area contributed by atoms with Crippen LogP contribution in [-0.2, 0) is 19.1 Å². The molecule has 1 amide bonds.